The lowest BCUT2D eigenvalue weighted by Crippen LogP contribution is -2.66. The molecule has 45 heavy (non-hydrogen) atoms. The Morgan fingerprint density at radius 3 is 1.27 bits per heavy atom. The summed E-state index contributed by atoms with van der Waals surface area (Å²) in [5, 5.41) is 12.0. The number of methoxy groups -OCH3 is 1. The van der Waals surface area contributed by atoms with Crippen LogP contribution in [0.3, 0.4) is 0 Å². The van der Waals surface area contributed by atoms with E-state index in [1.165, 1.54) is 0 Å². The minimum Gasteiger partial charge on any atom is -0.497 e. The summed E-state index contributed by atoms with van der Waals surface area (Å²) in [5.74, 6) is 0.760. The Balaban J connectivity index is 1.47. The van der Waals surface area contributed by atoms with Gasteiger partial charge >= 0.3 is 0 Å². The highest BCUT2D eigenvalue weighted by Crippen LogP contribution is 2.34. The Kier molecular flexibility index (Phi) is 12.3. The molecule has 0 heterocycles. The van der Waals surface area contributed by atoms with Crippen molar-refractivity contribution in [2.45, 2.75) is 63.1 Å². The average molecular weight is 611 g/mol. The van der Waals surface area contributed by atoms with E-state index < -0.39 is 36.6 Å². The molecule has 0 aliphatic heterocycles. The predicted octanol–water partition coefficient (Wildman–Crippen LogP) is 6.28. The fraction of sp³-hybridized carbons (Fsp3) is 0.316. The standard InChI is InChI=1S/C38H42O7/c1-3-23-41-36-34(42-24-28-13-7-4-8-14-28)33(39)35(43-25-29-15-9-5-10-16-29)37(38(36)45-26-30-17-11-6-12-18-30)44-27-31-19-21-32(40-2)22-20-31/h3-22,33-39H,1,23-27H2,2H3/t33-,34+,35-,36-,37+,38+/m0/s1. The van der Waals surface area contributed by atoms with Crippen LogP contribution in [0, 0.1) is 0 Å². The monoisotopic (exact) mass is 610 g/mol. The maximum absolute atomic E-state index is 12.0. The van der Waals surface area contributed by atoms with Crippen LogP contribution in [0.2, 0.25) is 0 Å². The van der Waals surface area contributed by atoms with E-state index in [2.05, 4.69) is 6.58 Å². The molecule has 4 aromatic rings. The minimum absolute atomic E-state index is 0.245. The summed E-state index contributed by atoms with van der Waals surface area (Å²) in [6.45, 7) is 5.24. The minimum atomic E-state index is -1.08. The molecule has 1 fully saturated rings. The number of aliphatic hydroxyl groups is 1. The molecule has 236 valence electrons. The van der Waals surface area contributed by atoms with Crippen LogP contribution in [0.5, 0.6) is 5.75 Å². The number of ether oxygens (including phenoxy) is 6. The summed E-state index contributed by atoms with van der Waals surface area (Å²) in [6.07, 6.45) is -2.97. The molecular weight excluding hydrogens is 568 g/mol. The summed E-state index contributed by atoms with van der Waals surface area (Å²) < 4.78 is 37.9. The summed E-state index contributed by atoms with van der Waals surface area (Å²) in [5.41, 5.74) is 3.91. The predicted molar refractivity (Wildman–Crippen MR) is 173 cm³/mol. The summed E-state index contributed by atoms with van der Waals surface area (Å²) >= 11 is 0. The van der Waals surface area contributed by atoms with Crippen molar-refractivity contribution in [3.63, 3.8) is 0 Å². The number of aliphatic hydroxyl groups excluding tert-OH is 1. The van der Waals surface area contributed by atoms with Crippen molar-refractivity contribution in [2.75, 3.05) is 13.7 Å². The Bertz CT molecular complexity index is 1400. The Morgan fingerprint density at radius 1 is 0.511 bits per heavy atom. The van der Waals surface area contributed by atoms with Gasteiger partial charge in [-0.15, -0.1) is 6.58 Å². The second kappa shape index (κ2) is 17.0. The van der Waals surface area contributed by atoms with Gasteiger partial charge < -0.3 is 33.5 Å². The molecule has 6 atom stereocenters. The van der Waals surface area contributed by atoms with Crippen LogP contribution >= 0.6 is 0 Å². The number of hydrogen-bond acceptors (Lipinski definition) is 7. The van der Waals surface area contributed by atoms with Gasteiger partial charge in [0.1, 0.15) is 42.4 Å². The molecule has 0 saturated heterocycles. The van der Waals surface area contributed by atoms with Crippen molar-refractivity contribution in [3.05, 3.63) is 150 Å². The van der Waals surface area contributed by atoms with Crippen molar-refractivity contribution in [1.82, 2.24) is 0 Å². The van der Waals surface area contributed by atoms with Crippen molar-refractivity contribution in [1.29, 1.82) is 0 Å². The second-order valence-electron chi connectivity index (χ2n) is 11.0. The van der Waals surface area contributed by atoms with Crippen LogP contribution in [0.1, 0.15) is 22.3 Å². The van der Waals surface area contributed by atoms with Crippen molar-refractivity contribution < 1.29 is 33.5 Å². The highest BCUT2D eigenvalue weighted by molar-refractivity contribution is 5.27. The van der Waals surface area contributed by atoms with E-state index >= 15 is 0 Å². The molecule has 1 aliphatic rings. The first-order chi connectivity index (χ1) is 22.2. The number of rotatable bonds is 16. The normalized spacial score (nSPS) is 23.0. The molecule has 1 aliphatic carbocycles. The Morgan fingerprint density at radius 2 is 0.867 bits per heavy atom. The maximum Gasteiger partial charge on any atom is 0.118 e. The van der Waals surface area contributed by atoms with Gasteiger partial charge in [0.05, 0.1) is 40.1 Å². The first-order valence-electron chi connectivity index (χ1n) is 15.3. The lowest BCUT2D eigenvalue weighted by molar-refractivity contribution is -0.279. The molecular formula is C38H42O7. The van der Waals surface area contributed by atoms with E-state index in [9.17, 15) is 5.11 Å². The maximum atomic E-state index is 12.0. The van der Waals surface area contributed by atoms with Gasteiger partial charge in [-0.1, -0.05) is 109 Å². The van der Waals surface area contributed by atoms with Crippen molar-refractivity contribution in [3.8, 4) is 5.75 Å². The van der Waals surface area contributed by atoms with Gasteiger partial charge in [-0.05, 0) is 34.4 Å². The van der Waals surface area contributed by atoms with E-state index in [0.29, 0.717) is 6.61 Å². The van der Waals surface area contributed by atoms with Crippen LogP contribution < -0.4 is 4.74 Å². The van der Waals surface area contributed by atoms with Crippen LogP contribution in [0.25, 0.3) is 0 Å². The molecule has 5 rings (SSSR count). The topological polar surface area (TPSA) is 75.6 Å². The first kappa shape index (κ1) is 32.6. The third-order valence-electron chi connectivity index (χ3n) is 7.83. The molecule has 1 N–H and O–H groups in total. The largest absolute Gasteiger partial charge is 0.497 e. The van der Waals surface area contributed by atoms with Gasteiger partial charge in [-0.25, -0.2) is 0 Å². The van der Waals surface area contributed by atoms with Crippen molar-refractivity contribution >= 4 is 0 Å². The van der Waals surface area contributed by atoms with Gasteiger partial charge in [-0.2, -0.15) is 0 Å². The zero-order valence-electron chi connectivity index (χ0n) is 25.7. The van der Waals surface area contributed by atoms with E-state index in [-0.39, 0.29) is 26.4 Å². The zero-order valence-corrected chi connectivity index (χ0v) is 25.7. The summed E-state index contributed by atoms with van der Waals surface area (Å²) in [6, 6.07) is 37.4. The van der Waals surface area contributed by atoms with E-state index in [1.54, 1.807) is 13.2 Å². The molecule has 0 aromatic heterocycles. The lowest BCUT2D eigenvalue weighted by Gasteiger charge is -2.48. The van der Waals surface area contributed by atoms with Crippen LogP contribution in [-0.2, 0) is 50.1 Å². The SMILES string of the molecule is C=CCO[C@@H]1[C@@H](OCc2ccccc2)[C@H](OCc2ccc(OC)cc2)[C@@H](OCc2ccccc2)[C@@H](O)[C@H]1OCc1ccccc1. The highest BCUT2D eigenvalue weighted by atomic mass is 16.6. The highest BCUT2D eigenvalue weighted by Gasteiger charge is 2.54. The molecule has 0 radical (unpaired) electrons. The fourth-order valence-electron chi connectivity index (χ4n) is 5.49. The molecule has 0 amide bonds. The smallest absolute Gasteiger partial charge is 0.118 e. The summed E-state index contributed by atoms with van der Waals surface area (Å²) in [4.78, 5) is 0. The quantitative estimate of drug-likeness (QED) is 0.150. The number of hydrogen-bond donors (Lipinski definition) is 1. The van der Waals surface area contributed by atoms with E-state index in [4.69, 9.17) is 28.4 Å². The van der Waals surface area contributed by atoms with Crippen LogP contribution in [0.4, 0.5) is 0 Å². The molecule has 1 saturated carbocycles. The molecule has 0 bridgehead atoms. The lowest BCUT2D eigenvalue weighted by atomic mass is 9.83. The van der Waals surface area contributed by atoms with Gasteiger partial charge in [0.15, 0.2) is 0 Å². The third kappa shape index (κ3) is 9.11. The zero-order chi connectivity index (χ0) is 31.3. The van der Waals surface area contributed by atoms with E-state index in [0.717, 1.165) is 28.0 Å². The molecule has 0 unspecified atom stereocenters. The Labute approximate surface area is 265 Å². The third-order valence-corrected chi connectivity index (χ3v) is 7.83. The van der Waals surface area contributed by atoms with E-state index in [1.807, 2.05) is 115 Å². The van der Waals surface area contributed by atoms with Gasteiger partial charge in [-0.3, -0.25) is 0 Å². The van der Waals surface area contributed by atoms with Gasteiger partial charge in [0.25, 0.3) is 0 Å². The molecule has 0 spiro atoms. The molecule has 7 nitrogen and oxygen atoms in total. The van der Waals surface area contributed by atoms with Crippen LogP contribution in [-0.4, -0.2) is 55.4 Å². The fourth-order valence-corrected chi connectivity index (χ4v) is 5.49. The average Bonchev–Trinajstić information content (AvgIpc) is 3.10. The Hall–Kier alpha value is -3.82. The molecule has 4 aromatic carbocycles. The van der Waals surface area contributed by atoms with Crippen molar-refractivity contribution in [2.24, 2.45) is 0 Å². The van der Waals surface area contributed by atoms with Gasteiger partial charge in [0.2, 0.25) is 0 Å². The van der Waals surface area contributed by atoms with Crippen LogP contribution in [0.15, 0.2) is 128 Å². The molecule has 7 heteroatoms. The van der Waals surface area contributed by atoms with Gasteiger partial charge in [0, 0.05) is 0 Å². The second-order valence-corrected chi connectivity index (χ2v) is 11.0. The number of benzene rings is 4. The summed E-state index contributed by atoms with van der Waals surface area (Å²) in [7, 11) is 1.64. The first-order valence-corrected chi connectivity index (χ1v) is 15.3.